The lowest BCUT2D eigenvalue weighted by atomic mass is 10.2. The molecule has 0 atom stereocenters. The highest BCUT2D eigenvalue weighted by molar-refractivity contribution is 7.94. The van der Waals surface area contributed by atoms with Gasteiger partial charge >= 0.3 is 0 Å². The molecule has 1 aromatic rings. The molecular formula is C11H16ClN3O3S. The van der Waals surface area contributed by atoms with Crippen molar-refractivity contribution in [3.05, 3.63) is 28.8 Å². The third kappa shape index (κ3) is 3.51. The number of halogens is 1. The Morgan fingerprint density at radius 3 is 2.47 bits per heavy atom. The maximum atomic E-state index is 12.0. The zero-order valence-corrected chi connectivity index (χ0v) is 12.4. The summed E-state index contributed by atoms with van der Waals surface area (Å²) in [7, 11) is -3.60. The van der Waals surface area contributed by atoms with E-state index in [-0.39, 0.29) is 16.5 Å². The largest absolute Gasteiger partial charge is 0.409 e. The quantitative estimate of drug-likeness (QED) is 0.343. The molecule has 0 radical (unpaired) electrons. The molecule has 0 aromatic heterocycles. The smallest absolute Gasteiger partial charge is 0.237 e. The molecule has 0 saturated carbocycles. The van der Waals surface area contributed by atoms with E-state index in [9.17, 15) is 8.42 Å². The summed E-state index contributed by atoms with van der Waals surface area (Å²) in [5, 5.41) is 11.7. The van der Waals surface area contributed by atoms with Gasteiger partial charge < -0.3 is 10.9 Å². The summed E-state index contributed by atoms with van der Waals surface area (Å²) < 4.78 is 25.5. The first kappa shape index (κ1) is 15.6. The molecule has 1 aromatic carbocycles. The summed E-state index contributed by atoms with van der Waals surface area (Å²) in [6.07, 6.45) is 0. The first-order chi connectivity index (χ1) is 8.58. The molecular weight excluding hydrogens is 290 g/mol. The average Bonchev–Trinajstić information content (AvgIpc) is 2.29. The van der Waals surface area contributed by atoms with Crippen LogP contribution in [0.2, 0.25) is 5.02 Å². The Bertz CT molecular complexity index is 606. The van der Waals surface area contributed by atoms with Crippen LogP contribution >= 0.6 is 11.6 Å². The highest BCUT2D eigenvalue weighted by atomic mass is 35.5. The van der Waals surface area contributed by atoms with Crippen molar-refractivity contribution in [1.82, 2.24) is 0 Å². The fraction of sp³-hybridized carbons (Fsp3) is 0.364. The summed E-state index contributed by atoms with van der Waals surface area (Å²) in [6, 6.07) is 4.39. The summed E-state index contributed by atoms with van der Waals surface area (Å²) in [6.45, 7) is 4.70. The van der Waals surface area contributed by atoms with E-state index in [0.29, 0.717) is 5.56 Å². The number of nitrogens with zero attached hydrogens (tertiary/aromatic N) is 1. The number of nitrogens with two attached hydrogens (primary N) is 1. The SMILES string of the molecule is CC(C)(C)S(=O)(=O)Nc1cc(C(N)=NO)ccc1Cl. The van der Waals surface area contributed by atoms with Gasteiger partial charge in [0.05, 0.1) is 15.5 Å². The van der Waals surface area contributed by atoms with Gasteiger partial charge in [0.1, 0.15) is 0 Å². The lowest BCUT2D eigenvalue weighted by molar-refractivity contribution is 0.318. The minimum atomic E-state index is -3.60. The number of anilines is 1. The van der Waals surface area contributed by atoms with Gasteiger partial charge in [0.25, 0.3) is 0 Å². The van der Waals surface area contributed by atoms with Crippen molar-refractivity contribution in [2.45, 2.75) is 25.5 Å². The molecule has 0 aliphatic carbocycles. The van der Waals surface area contributed by atoms with Crippen LogP contribution in [0.15, 0.2) is 23.4 Å². The summed E-state index contributed by atoms with van der Waals surface area (Å²) in [4.78, 5) is 0. The second-order valence-electron chi connectivity index (χ2n) is 4.90. The van der Waals surface area contributed by atoms with Crippen molar-refractivity contribution < 1.29 is 13.6 Å². The number of amidine groups is 1. The molecule has 0 heterocycles. The molecule has 0 unspecified atom stereocenters. The van der Waals surface area contributed by atoms with Gasteiger partial charge in [-0.15, -0.1) is 0 Å². The van der Waals surface area contributed by atoms with Crippen LogP contribution in [0.1, 0.15) is 26.3 Å². The number of hydrogen-bond acceptors (Lipinski definition) is 4. The lowest BCUT2D eigenvalue weighted by Gasteiger charge is -2.21. The predicted molar refractivity (Wildman–Crippen MR) is 76.3 cm³/mol. The lowest BCUT2D eigenvalue weighted by Crippen LogP contribution is -2.33. The second kappa shape index (κ2) is 5.26. The summed E-state index contributed by atoms with van der Waals surface area (Å²) >= 11 is 5.93. The van der Waals surface area contributed by atoms with E-state index in [2.05, 4.69) is 9.88 Å². The van der Waals surface area contributed by atoms with Gasteiger partial charge in [-0.3, -0.25) is 4.72 Å². The summed E-state index contributed by atoms with van der Waals surface area (Å²) in [5.41, 5.74) is 5.98. The van der Waals surface area contributed by atoms with Gasteiger partial charge in [0.15, 0.2) is 5.84 Å². The number of sulfonamides is 1. The van der Waals surface area contributed by atoms with Crippen molar-refractivity contribution >= 4 is 33.1 Å². The molecule has 0 aliphatic rings. The van der Waals surface area contributed by atoms with Crippen LogP contribution in [0.4, 0.5) is 5.69 Å². The molecule has 0 aliphatic heterocycles. The molecule has 0 amide bonds. The van der Waals surface area contributed by atoms with E-state index in [1.807, 2.05) is 0 Å². The third-order valence-electron chi connectivity index (χ3n) is 2.42. The van der Waals surface area contributed by atoms with Gasteiger partial charge in [-0.25, -0.2) is 8.42 Å². The molecule has 0 spiro atoms. The van der Waals surface area contributed by atoms with Gasteiger partial charge in [0.2, 0.25) is 10.0 Å². The number of nitrogens with one attached hydrogen (secondary N) is 1. The first-order valence-corrected chi connectivity index (χ1v) is 7.24. The number of hydrogen-bond donors (Lipinski definition) is 3. The number of oxime groups is 1. The Balaban J connectivity index is 3.23. The maximum Gasteiger partial charge on any atom is 0.237 e. The van der Waals surface area contributed by atoms with E-state index in [1.54, 1.807) is 20.8 Å². The molecule has 4 N–H and O–H groups in total. The normalized spacial score (nSPS) is 13.4. The van der Waals surface area contributed by atoms with Crippen molar-refractivity contribution in [2.75, 3.05) is 4.72 Å². The zero-order chi connectivity index (χ0) is 14.8. The van der Waals surface area contributed by atoms with Crippen LogP contribution in [0.25, 0.3) is 0 Å². The van der Waals surface area contributed by atoms with Crippen LogP contribution in [0.3, 0.4) is 0 Å². The van der Waals surface area contributed by atoms with Crippen molar-refractivity contribution in [1.29, 1.82) is 0 Å². The maximum absolute atomic E-state index is 12.0. The Kier molecular flexibility index (Phi) is 4.32. The van der Waals surface area contributed by atoms with E-state index >= 15 is 0 Å². The molecule has 0 saturated heterocycles. The van der Waals surface area contributed by atoms with Crippen LogP contribution < -0.4 is 10.5 Å². The number of rotatable bonds is 3. The van der Waals surface area contributed by atoms with Crippen LogP contribution in [0, 0.1) is 0 Å². The molecule has 0 bridgehead atoms. The van der Waals surface area contributed by atoms with Gasteiger partial charge in [-0.05, 0) is 39.0 Å². The van der Waals surface area contributed by atoms with E-state index in [0.717, 1.165) is 0 Å². The minimum Gasteiger partial charge on any atom is -0.409 e. The predicted octanol–water partition coefficient (Wildman–Crippen LogP) is 1.97. The fourth-order valence-electron chi connectivity index (χ4n) is 1.12. The van der Waals surface area contributed by atoms with E-state index in [4.69, 9.17) is 22.5 Å². The van der Waals surface area contributed by atoms with Gasteiger partial charge in [0, 0.05) is 5.56 Å². The zero-order valence-electron chi connectivity index (χ0n) is 10.8. The van der Waals surface area contributed by atoms with E-state index in [1.165, 1.54) is 18.2 Å². The van der Waals surface area contributed by atoms with Gasteiger partial charge in [-0.1, -0.05) is 16.8 Å². The molecule has 6 nitrogen and oxygen atoms in total. The van der Waals surface area contributed by atoms with E-state index < -0.39 is 14.8 Å². The fourth-order valence-corrected chi connectivity index (χ4v) is 2.10. The topological polar surface area (TPSA) is 105 Å². The molecule has 1 rings (SSSR count). The average molecular weight is 306 g/mol. The van der Waals surface area contributed by atoms with Crippen molar-refractivity contribution in [3.63, 3.8) is 0 Å². The molecule has 8 heteroatoms. The molecule has 19 heavy (non-hydrogen) atoms. The van der Waals surface area contributed by atoms with Crippen molar-refractivity contribution in [2.24, 2.45) is 10.9 Å². The van der Waals surface area contributed by atoms with Crippen LogP contribution in [-0.2, 0) is 10.0 Å². The Hall–Kier alpha value is -1.47. The monoisotopic (exact) mass is 305 g/mol. The standard InChI is InChI=1S/C11H16ClN3O3S/c1-11(2,3)19(17,18)15-9-6-7(10(13)14-16)4-5-8(9)12/h4-6,15-16H,1-3H3,(H2,13,14). The minimum absolute atomic E-state index is 0.132. The number of benzene rings is 1. The Morgan fingerprint density at radius 2 is 2.00 bits per heavy atom. The van der Waals surface area contributed by atoms with Crippen LogP contribution in [-0.4, -0.2) is 24.2 Å². The Morgan fingerprint density at radius 1 is 1.42 bits per heavy atom. The highest BCUT2D eigenvalue weighted by Crippen LogP contribution is 2.27. The highest BCUT2D eigenvalue weighted by Gasteiger charge is 2.29. The first-order valence-electron chi connectivity index (χ1n) is 5.38. The van der Waals surface area contributed by atoms with Crippen molar-refractivity contribution in [3.8, 4) is 0 Å². The summed E-state index contributed by atoms with van der Waals surface area (Å²) in [5.74, 6) is -0.132. The second-order valence-corrected chi connectivity index (χ2v) is 7.74. The Labute approximate surface area is 117 Å². The molecule has 0 fully saturated rings. The third-order valence-corrected chi connectivity index (χ3v) is 4.85. The molecule has 106 valence electrons. The van der Waals surface area contributed by atoms with Crippen LogP contribution in [0.5, 0.6) is 0 Å². The van der Waals surface area contributed by atoms with Gasteiger partial charge in [-0.2, -0.15) is 0 Å².